The van der Waals surface area contributed by atoms with Crippen LogP contribution in [-0.4, -0.2) is 57.2 Å². The van der Waals surface area contributed by atoms with Crippen LogP contribution in [0, 0.1) is 5.82 Å². The number of nitrogens with zero attached hydrogens (tertiary/aromatic N) is 3. The molecule has 2 heterocycles. The average molecular weight is 441 g/mol. The summed E-state index contributed by atoms with van der Waals surface area (Å²) < 4.78 is 26.2. The van der Waals surface area contributed by atoms with Crippen LogP contribution in [0.3, 0.4) is 0 Å². The first-order valence-corrected chi connectivity index (χ1v) is 10.9. The van der Waals surface area contributed by atoms with E-state index in [1.807, 2.05) is 19.1 Å². The molecule has 2 aliphatic heterocycles. The van der Waals surface area contributed by atoms with E-state index in [9.17, 15) is 4.79 Å². The van der Waals surface area contributed by atoms with Gasteiger partial charge in [0.05, 0.1) is 26.0 Å². The molecule has 2 amide bonds. The number of benzene rings is 2. The highest BCUT2D eigenvalue weighted by atomic mass is 19.1. The highest BCUT2D eigenvalue weighted by Crippen LogP contribution is 2.38. The minimum Gasteiger partial charge on any atom is -0.493 e. The third-order valence-electron chi connectivity index (χ3n) is 6.13. The molecule has 4 rings (SSSR count). The first-order valence-electron chi connectivity index (χ1n) is 10.9. The fraction of sp³-hybridized carbons (Fsp3) is 0.417. The number of anilines is 1. The van der Waals surface area contributed by atoms with E-state index in [0.717, 1.165) is 24.3 Å². The number of rotatable bonds is 4. The lowest BCUT2D eigenvalue weighted by Gasteiger charge is -2.22. The van der Waals surface area contributed by atoms with Crippen LogP contribution in [0.5, 0.6) is 11.5 Å². The molecule has 170 valence electrons. The van der Waals surface area contributed by atoms with Crippen molar-refractivity contribution in [1.82, 2.24) is 10.3 Å². The quantitative estimate of drug-likeness (QED) is 0.786. The summed E-state index contributed by atoms with van der Waals surface area (Å²) in [6, 6.07) is 9.09. The molecular formula is C24H29FN4O3. The number of carbonyl (C=O) groups is 1. The molecule has 0 bridgehead atoms. The number of ether oxygens (including phenoxy) is 2. The van der Waals surface area contributed by atoms with Gasteiger partial charge in [-0.25, -0.2) is 14.2 Å². The first kappa shape index (κ1) is 21.9. The van der Waals surface area contributed by atoms with Gasteiger partial charge in [0.25, 0.3) is 0 Å². The number of amides is 2. The number of urea groups is 1. The standard InChI is InChI=1S/C24H29FN4O3/c1-15-13-18-19(14-20(31-3)23(32-4)21(18)25)22(27-29(15)24(30)26-2)16-7-9-17(10-8-16)28-11-5-6-12-28/h7-10,14-15H,5-6,11-13H2,1-4H3,(H,26,30). The Hall–Kier alpha value is -3.29. The fourth-order valence-corrected chi connectivity index (χ4v) is 4.42. The van der Waals surface area contributed by atoms with Crippen LogP contribution in [0.15, 0.2) is 35.4 Å². The number of fused-ring (bicyclic) bond motifs is 1. The van der Waals surface area contributed by atoms with Gasteiger partial charge < -0.3 is 19.7 Å². The summed E-state index contributed by atoms with van der Waals surface area (Å²) in [6.45, 7) is 3.94. The van der Waals surface area contributed by atoms with Gasteiger partial charge in [0.15, 0.2) is 17.3 Å². The Morgan fingerprint density at radius 2 is 1.84 bits per heavy atom. The van der Waals surface area contributed by atoms with Gasteiger partial charge in [0.1, 0.15) is 0 Å². The number of methoxy groups -OCH3 is 2. The lowest BCUT2D eigenvalue weighted by molar-refractivity contribution is 0.184. The minimum absolute atomic E-state index is 0.0515. The molecule has 1 saturated heterocycles. The summed E-state index contributed by atoms with van der Waals surface area (Å²) in [5, 5.41) is 8.70. The number of nitrogens with one attached hydrogen (secondary N) is 1. The second kappa shape index (κ2) is 9.06. The summed E-state index contributed by atoms with van der Waals surface area (Å²) in [5.74, 6) is -0.157. The van der Waals surface area contributed by atoms with Crippen molar-refractivity contribution in [3.8, 4) is 11.5 Å². The molecule has 1 fully saturated rings. The van der Waals surface area contributed by atoms with E-state index >= 15 is 4.39 Å². The molecule has 32 heavy (non-hydrogen) atoms. The van der Waals surface area contributed by atoms with Crippen molar-refractivity contribution < 1.29 is 18.7 Å². The van der Waals surface area contributed by atoms with Crippen LogP contribution in [0.2, 0.25) is 0 Å². The monoisotopic (exact) mass is 440 g/mol. The van der Waals surface area contributed by atoms with Crippen LogP contribution in [-0.2, 0) is 6.42 Å². The van der Waals surface area contributed by atoms with Crippen molar-refractivity contribution in [2.24, 2.45) is 5.10 Å². The maximum absolute atomic E-state index is 15.5. The Morgan fingerprint density at radius 3 is 2.44 bits per heavy atom. The van der Waals surface area contributed by atoms with Crippen LogP contribution < -0.4 is 19.7 Å². The normalized spacial score (nSPS) is 18.0. The number of halogens is 1. The summed E-state index contributed by atoms with van der Waals surface area (Å²) >= 11 is 0. The van der Waals surface area contributed by atoms with Gasteiger partial charge in [0, 0.05) is 42.5 Å². The third kappa shape index (κ3) is 3.85. The Morgan fingerprint density at radius 1 is 1.16 bits per heavy atom. The van der Waals surface area contributed by atoms with Gasteiger partial charge in [-0.05, 0) is 44.4 Å². The highest BCUT2D eigenvalue weighted by Gasteiger charge is 2.31. The zero-order valence-corrected chi connectivity index (χ0v) is 18.9. The predicted octanol–water partition coefficient (Wildman–Crippen LogP) is 3.78. The number of carbonyl (C=O) groups excluding carboxylic acids is 1. The van der Waals surface area contributed by atoms with E-state index in [1.165, 1.54) is 32.1 Å². The molecular weight excluding hydrogens is 411 g/mol. The van der Waals surface area contributed by atoms with E-state index < -0.39 is 5.82 Å². The molecule has 2 aromatic carbocycles. The van der Waals surface area contributed by atoms with Crippen LogP contribution in [0.4, 0.5) is 14.9 Å². The van der Waals surface area contributed by atoms with Crippen molar-refractivity contribution in [2.45, 2.75) is 32.2 Å². The SMILES string of the molecule is CNC(=O)N1N=C(c2ccc(N3CCCC3)cc2)c2cc(OC)c(OC)c(F)c2CC1C. The Labute approximate surface area is 187 Å². The molecule has 1 atom stereocenters. The number of hydrogen-bond acceptors (Lipinski definition) is 5. The highest BCUT2D eigenvalue weighted by molar-refractivity contribution is 6.14. The van der Waals surface area contributed by atoms with E-state index in [1.54, 1.807) is 13.1 Å². The van der Waals surface area contributed by atoms with Gasteiger partial charge >= 0.3 is 6.03 Å². The Bertz CT molecular complexity index is 1030. The van der Waals surface area contributed by atoms with Crippen molar-refractivity contribution in [3.63, 3.8) is 0 Å². The van der Waals surface area contributed by atoms with E-state index in [4.69, 9.17) is 14.6 Å². The Balaban J connectivity index is 1.87. The molecule has 0 radical (unpaired) electrons. The van der Waals surface area contributed by atoms with E-state index in [-0.39, 0.29) is 30.0 Å². The molecule has 0 aliphatic carbocycles. The molecule has 0 saturated carbocycles. The largest absolute Gasteiger partial charge is 0.493 e. The summed E-state index contributed by atoms with van der Waals surface area (Å²) in [4.78, 5) is 14.9. The first-order chi connectivity index (χ1) is 15.5. The van der Waals surface area contributed by atoms with Crippen LogP contribution >= 0.6 is 0 Å². The minimum atomic E-state index is -0.492. The third-order valence-corrected chi connectivity index (χ3v) is 6.13. The molecule has 0 aromatic heterocycles. The topological polar surface area (TPSA) is 66.4 Å². The summed E-state index contributed by atoms with van der Waals surface area (Å²) in [5.41, 5.74) is 3.50. The predicted molar refractivity (Wildman–Crippen MR) is 122 cm³/mol. The van der Waals surface area contributed by atoms with Crippen molar-refractivity contribution in [2.75, 3.05) is 39.3 Å². The second-order valence-corrected chi connectivity index (χ2v) is 8.09. The maximum Gasteiger partial charge on any atom is 0.337 e. The molecule has 7 nitrogen and oxygen atoms in total. The van der Waals surface area contributed by atoms with E-state index in [2.05, 4.69) is 22.3 Å². The van der Waals surface area contributed by atoms with Gasteiger partial charge in [-0.2, -0.15) is 5.10 Å². The second-order valence-electron chi connectivity index (χ2n) is 8.09. The van der Waals surface area contributed by atoms with Gasteiger partial charge in [0.2, 0.25) is 0 Å². The smallest absolute Gasteiger partial charge is 0.337 e. The van der Waals surface area contributed by atoms with E-state index in [0.29, 0.717) is 16.8 Å². The van der Waals surface area contributed by atoms with Gasteiger partial charge in [-0.1, -0.05) is 12.1 Å². The lowest BCUT2D eigenvalue weighted by Crippen LogP contribution is -2.41. The molecule has 2 aliphatic rings. The molecule has 8 heteroatoms. The van der Waals surface area contributed by atoms with Crippen molar-refractivity contribution in [3.05, 3.63) is 52.8 Å². The number of hydrogen-bond donors (Lipinski definition) is 1. The van der Waals surface area contributed by atoms with Crippen LogP contribution in [0.25, 0.3) is 0 Å². The average Bonchev–Trinajstić information content (AvgIpc) is 3.31. The lowest BCUT2D eigenvalue weighted by atomic mass is 9.93. The molecule has 1 unspecified atom stereocenters. The summed E-state index contributed by atoms with van der Waals surface area (Å²) in [6.07, 6.45) is 2.68. The molecule has 2 aromatic rings. The zero-order valence-electron chi connectivity index (χ0n) is 18.9. The Kier molecular flexibility index (Phi) is 6.21. The summed E-state index contributed by atoms with van der Waals surface area (Å²) in [7, 11) is 4.44. The molecule has 0 spiro atoms. The van der Waals surface area contributed by atoms with Crippen LogP contribution in [0.1, 0.15) is 36.5 Å². The maximum atomic E-state index is 15.5. The van der Waals surface area contributed by atoms with Gasteiger partial charge in [-0.3, -0.25) is 0 Å². The zero-order chi connectivity index (χ0) is 22.8. The van der Waals surface area contributed by atoms with Gasteiger partial charge in [-0.15, -0.1) is 0 Å². The van der Waals surface area contributed by atoms with Crippen molar-refractivity contribution >= 4 is 17.4 Å². The van der Waals surface area contributed by atoms with Crippen molar-refractivity contribution in [1.29, 1.82) is 0 Å². The molecule has 1 N–H and O–H groups in total. The number of hydrazone groups is 1. The fourth-order valence-electron chi connectivity index (χ4n) is 4.42.